The lowest BCUT2D eigenvalue weighted by Gasteiger charge is -2.38. The summed E-state index contributed by atoms with van der Waals surface area (Å²) in [5.41, 5.74) is 0.852. The van der Waals surface area contributed by atoms with E-state index in [4.69, 9.17) is 9.47 Å². The molecule has 0 radical (unpaired) electrons. The number of para-hydroxylation sites is 1. The molecule has 8 heteroatoms. The molecule has 0 saturated carbocycles. The molecule has 168 valence electrons. The van der Waals surface area contributed by atoms with Gasteiger partial charge in [-0.25, -0.2) is 8.42 Å². The van der Waals surface area contributed by atoms with Crippen molar-refractivity contribution < 1.29 is 22.7 Å². The SMILES string of the molecule is CCCOc1ccc(N(CC(=O)NC2CC(C)(C)Oc3ccccc32)S(C)(=O)=O)cc1. The van der Waals surface area contributed by atoms with Gasteiger partial charge in [-0.2, -0.15) is 0 Å². The maximum Gasteiger partial charge on any atom is 0.241 e. The van der Waals surface area contributed by atoms with E-state index in [0.717, 1.165) is 28.3 Å². The molecule has 2 aromatic rings. The van der Waals surface area contributed by atoms with Gasteiger partial charge in [0.2, 0.25) is 15.9 Å². The van der Waals surface area contributed by atoms with Gasteiger partial charge in [0.05, 0.1) is 24.6 Å². The molecule has 0 aromatic heterocycles. The van der Waals surface area contributed by atoms with Gasteiger partial charge in [0.15, 0.2) is 0 Å². The van der Waals surface area contributed by atoms with Gasteiger partial charge in [-0.3, -0.25) is 9.10 Å². The van der Waals surface area contributed by atoms with E-state index in [1.165, 1.54) is 0 Å². The van der Waals surface area contributed by atoms with E-state index in [1.807, 2.05) is 45.0 Å². The van der Waals surface area contributed by atoms with E-state index in [0.29, 0.717) is 24.5 Å². The van der Waals surface area contributed by atoms with Crippen LogP contribution in [-0.2, 0) is 14.8 Å². The quantitative estimate of drug-likeness (QED) is 0.669. The molecule has 0 bridgehead atoms. The molecule has 2 aromatic carbocycles. The Labute approximate surface area is 184 Å². The van der Waals surface area contributed by atoms with E-state index in [9.17, 15) is 13.2 Å². The Balaban J connectivity index is 1.76. The first-order valence-electron chi connectivity index (χ1n) is 10.4. The topological polar surface area (TPSA) is 84.9 Å². The van der Waals surface area contributed by atoms with Gasteiger partial charge in [0, 0.05) is 12.0 Å². The van der Waals surface area contributed by atoms with Crippen LogP contribution in [-0.4, -0.2) is 39.3 Å². The summed E-state index contributed by atoms with van der Waals surface area (Å²) in [7, 11) is -3.66. The minimum absolute atomic E-state index is 0.265. The first kappa shape index (κ1) is 22.9. The van der Waals surface area contributed by atoms with Gasteiger partial charge in [-0.15, -0.1) is 0 Å². The molecule has 1 atom stereocenters. The van der Waals surface area contributed by atoms with Crippen LogP contribution < -0.4 is 19.1 Å². The lowest BCUT2D eigenvalue weighted by atomic mass is 9.89. The van der Waals surface area contributed by atoms with Gasteiger partial charge in [-0.1, -0.05) is 25.1 Å². The zero-order chi connectivity index (χ0) is 22.6. The number of amides is 1. The van der Waals surface area contributed by atoms with Crippen LogP contribution in [0.25, 0.3) is 0 Å². The third-order valence-corrected chi connectivity index (χ3v) is 6.14. The van der Waals surface area contributed by atoms with Crippen LogP contribution in [0.4, 0.5) is 5.69 Å². The fourth-order valence-electron chi connectivity index (χ4n) is 3.63. The van der Waals surface area contributed by atoms with Crippen LogP contribution in [0.2, 0.25) is 0 Å². The van der Waals surface area contributed by atoms with E-state index >= 15 is 0 Å². The first-order valence-corrected chi connectivity index (χ1v) is 12.2. The van der Waals surface area contributed by atoms with Crippen molar-refractivity contribution in [2.45, 2.75) is 45.3 Å². The summed E-state index contributed by atoms with van der Waals surface area (Å²) in [6.45, 7) is 6.21. The summed E-state index contributed by atoms with van der Waals surface area (Å²) >= 11 is 0. The summed E-state index contributed by atoms with van der Waals surface area (Å²) in [5, 5.41) is 2.99. The second-order valence-electron chi connectivity index (χ2n) is 8.34. The Kier molecular flexibility index (Phi) is 6.79. The van der Waals surface area contributed by atoms with Crippen LogP contribution >= 0.6 is 0 Å². The molecular formula is C23H30N2O5S. The predicted octanol–water partition coefficient (Wildman–Crippen LogP) is 3.66. The first-order chi connectivity index (χ1) is 14.6. The standard InChI is InChI=1S/C23H30N2O5S/c1-5-14-29-18-12-10-17(11-13-18)25(31(4,27)28)16-22(26)24-20-15-23(2,3)30-21-9-7-6-8-19(20)21/h6-13,20H,5,14-16H2,1-4H3,(H,24,26). The Hall–Kier alpha value is -2.74. The summed E-state index contributed by atoms with van der Waals surface area (Å²) < 4.78 is 37.5. The normalized spacial score (nSPS) is 17.2. The number of sulfonamides is 1. The van der Waals surface area contributed by atoms with Crippen molar-refractivity contribution in [2.24, 2.45) is 0 Å². The van der Waals surface area contributed by atoms with Crippen LogP contribution in [0.15, 0.2) is 48.5 Å². The van der Waals surface area contributed by atoms with Crippen LogP contribution in [0.5, 0.6) is 11.5 Å². The second-order valence-corrected chi connectivity index (χ2v) is 10.2. The van der Waals surface area contributed by atoms with Crippen molar-refractivity contribution in [3.8, 4) is 11.5 Å². The molecule has 1 heterocycles. The van der Waals surface area contributed by atoms with Crippen LogP contribution in [0.3, 0.4) is 0 Å². The average molecular weight is 447 g/mol. The molecule has 31 heavy (non-hydrogen) atoms. The van der Waals surface area contributed by atoms with Crippen molar-refractivity contribution in [1.82, 2.24) is 5.32 Å². The molecule has 3 rings (SSSR count). The van der Waals surface area contributed by atoms with Crippen molar-refractivity contribution in [3.05, 3.63) is 54.1 Å². The number of fused-ring (bicyclic) bond motifs is 1. The van der Waals surface area contributed by atoms with Crippen molar-refractivity contribution in [1.29, 1.82) is 0 Å². The molecule has 0 fully saturated rings. The number of ether oxygens (including phenoxy) is 2. The fraction of sp³-hybridized carbons (Fsp3) is 0.435. The smallest absolute Gasteiger partial charge is 0.241 e. The fourth-order valence-corrected chi connectivity index (χ4v) is 4.49. The molecule has 1 unspecified atom stereocenters. The number of nitrogens with one attached hydrogen (secondary N) is 1. The Morgan fingerprint density at radius 3 is 2.52 bits per heavy atom. The van der Waals surface area contributed by atoms with Crippen molar-refractivity contribution in [3.63, 3.8) is 0 Å². The number of rotatable bonds is 8. The molecule has 1 aliphatic heterocycles. The summed E-state index contributed by atoms with van der Waals surface area (Å²) in [6.07, 6.45) is 2.55. The molecule has 0 spiro atoms. The van der Waals surface area contributed by atoms with Gasteiger partial charge >= 0.3 is 0 Å². The predicted molar refractivity (Wildman–Crippen MR) is 121 cm³/mol. The molecule has 1 N–H and O–H groups in total. The molecular weight excluding hydrogens is 416 g/mol. The number of nitrogens with zero attached hydrogens (tertiary/aromatic N) is 1. The number of hydrogen-bond acceptors (Lipinski definition) is 5. The summed E-state index contributed by atoms with van der Waals surface area (Å²) in [4.78, 5) is 12.9. The van der Waals surface area contributed by atoms with E-state index in [-0.39, 0.29) is 18.5 Å². The minimum atomic E-state index is -3.66. The zero-order valence-corrected chi connectivity index (χ0v) is 19.2. The maximum atomic E-state index is 12.9. The summed E-state index contributed by atoms with van der Waals surface area (Å²) in [5.74, 6) is 1.01. The third kappa shape index (κ3) is 5.91. The molecule has 0 aliphatic carbocycles. The highest BCUT2D eigenvalue weighted by Gasteiger charge is 2.34. The third-order valence-electron chi connectivity index (χ3n) is 5.00. The highest BCUT2D eigenvalue weighted by Crippen LogP contribution is 2.39. The zero-order valence-electron chi connectivity index (χ0n) is 18.4. The highest BCUT2D eigenvalue weighted by atomic mass is 32.2. The van der Waals surface area contributed by atoms with Crippen molar-refractivity contribution in [2.75, 3.05) is 23.7 Å². The molecule has 1 amide bonds. The van der Waals surface area contributed by atoms with Gasteiger partial charge < -0.3 is 14.8 Å². The van der Waals surface area contributed by atoms with Crippen LogP contribution in [0, 0.1) is 0 Å². The van der Waals surface area contributed by atoms with E-state index < -0.39 is 15.6 Å². The largest absolute Gasteiger partial charge is 0.494 e. The Morgan fingerprint density at radius 1 is 1.19 bits per heavy atom. The highest BCUT2D eigenvalue weighted by molar-refractivity contribution is 7.92. The number of carbonyl (C=O) groups excluding carboxylic acids is 1. The van der Waals surface area contributed by atoms with Gasteiger partial charge in [0.25, 0.3) is 0 Å². The van der Waals surface area contributed by atoms with Gasteiger partial charge in [-0.05, 0) is 50.6 Å². The van der Waals surface area contributed by atoms with Crippen LogP contribution in [0.1, 0.15) is 45.2 Å². The summed E-state index contributed by atoms with van der Waals surface area (Å²) in [6, 6.07) is 14.0. The number of hydrogen-bond donors (Lipinski definition) is 1. The number of anilines is 1. The Bertz CT molecular complexity index is 1020. The average Bonchev–Trinajstić information content (AvgIpc) is 2.69. The van der Waals surface area contributed by atoms with E-state index in [2.05, 4.69) is 5.32 Å². The minimum Gasteiger partial charge on any atom is -0.494 e. The lowest BCUT2D eigenvalue weighted by molar-refractivity contribution is -0.120. The van der Waals surface area contributed by atoms with E-state index in [1.54, 1.807) is 24.3 Å². The van der Waals surface area contributed by atoms with Crippen molar-refractivity contribution >= 4 is 21.6 Å². The molecule has 0 saturated heterocycles. The lowest BCUT2D eigenvalue weighted by Crippen LogP contribution is -2.45. The van der Waals surface area contributed by atoms with Gasteiger partial charge in [0.1, 0.15) is 23.6 Å². The number of benzene rings is 2. The molecule has 1 aliphatic rings. The maximum absolute atomic E-state index is 12.9. The molecule has 7 nitrogen and oxygen atoms in total. The number of carbonyl (C=O) groups is 1. The second kappa shape index (κ2) is 9.18. The Morgan fingerprint density at radius 2 is 1.87 bits per heavy atom. The monoisotopic (exact) mass is 446 g/mol.